The van der Waals surface area contributed by atoms with E-state index in [2.05, 4.69) is 29.0 Å². The predicted molar refractivity (Wildman–Crippen MR) is 119 cm³/mol. The monoisotopic (exact) mass is 473 g/mol. The molecule has 2 aromatic heterocycles. The number of hydrogen-bond donors (Lipinski definition) is 0. The van der Waals surface area contributed by atoms with Crippen molar-refractivity contribution in [2.75, 3.05) is 0 Å². The zero-order chi connectivity index (χ0) is 23.4. The topological polar surface area (TPSA) is 57.0 Å². The molecule has 2 heterocycles. The Balaban J connectivity index is 1.69. The van der Waals surface area contributed by atoms with Crippen LogP contribution in [0.3, 0.4) is 0 Å². The molecular weight excluding hydrogens is 443 g/mol. The van der Waals surface area contributed by atoms with Gasteiger partial charge in [-0.15, -0.1) is 4.73 Å². The number of unbranched alkanes of at least 4 members (excludes halogenated alkanes) is 9. The van der Waals surface area contributed by atoms with Crippen molar-refractivity contribution in [3.05, 3.63) is 35.3 Å². The summed E-state index contributed by atoms with van der Waals surface area (Å²) in [6.07, 6.45) is 12.7. The molecule has 32 heavy (non-hydrogen) atoms. The second-order valence-corrected chi connectivity index (χ2v) is 8.25. The molecule has 0 unspecified atom stereocenters. The average molecular weight is 474 g/mol. The number of imidazole rings is 1. The highest BCUT2D eigenvalue weighted by atomic mass is 35.5. The van der Waals surface area contributed by atoms with Crippen LogP contribution in [0.5, 0.6) is 0 Å². The van der Waals surface area contributed by atoms with E-state index < -0.39 is 18.0 Å². The number of pyridine rings is 1. The lowest BCUT2D eigenvalue weighted by Gasteiger charge is -2.10. The molecule has 0 fully saturated rings. The van der Waals surface area contributed by atoms with Gasteiger partial charge in [0.25, 0.3) is 5.82 Å². The lowest BCUT2D eigenvalue weighted by molar-refractivity contribution is -0.162. The fraction of sp³-hybridized carbons (Fsp3) is 0.609. The van der Waals surface area contributed by atoms with Gasteiger partial charge in [-0.25, -0.2) is 14.8 Å². The Morgan fingerprint density at radius 2 is 1.69 bits per heavy atom. The first-order chi connectivity index (χ1) is 15.3. The van der Waals surface area contributed by atoms with Crippen molar-refractivity contribution in [1.29, 1.82) is 0 Å². The molecule has 0 aromatic carbocycles. The normalized spacial score (nSPS) is 12.2. The van der Waals surface area contributed by atoms with Gasteiger partial charge in [-0.2, -0.15) is 13.2 Å². The van der Waals surface area contributed by atoms with Crippen LogP contribution in [0, 0.1) is 0 Å². The van der Waals surface area contributed by atoms with Gasteiger partial charge in [-0.1, -0.05) is 69.2 Å². The summed E-state index contributed by atoms with van der Waals surface area (Å²) < 4.78 is 40.2. The highest BCUT2D eigenvalue weighted by molar-refractivity contribution is 6.31. The van der Waals surface area contributed by atoms with Gasteiger partial charge in [0.05, 0.1) is 5.02 Å². The summed E-state index contributed by atoms with van der Waals surface area (Å²) in [6, 6.07) is 1.24. The fourth-order valence-electron chi connectivity index (χ4n) is 3.32. The maximum Gasteiger partial charge on any atom is 0.453 e. The summed E-state index contributed by atoms with van der Waals surface area (Å²) in [5, 5.41) is 0.120. The molecule has 0 aliphatic heterocycles. The molecule has 178 valence electrons. The van der Waals surface area contributed by atoms with Crippen molar-refractivity contribution in [2.45, 2.75) is 90.1 Å². The Morgan fingerprint density at radius 3 is 2.34 bits per heavy atom. The molecule has 0 saturated carbocycles. The minimum absolute atomic E-state index is 0.0304. The summed E-state index contributed by atoms with van der Waals surface area (Å²) in [6.45, 7) is 2.21. The van der Waals surface area contributed by atoms with Gasteiger partial charge in [-0.3, -0.25) is 0 Å². The zero-order valence-electron chi connectivity index (χ0n) is 18.5. The maximum atomic E-state index is 13.3. The lowest BCUT2D eigenvalue weighted by Crippen LogP contribution is -2.25. The Labute approximate surface area is 192 Å². The molecule has 2 rings (SSSR count). The summed E-state index contributed by atoms with van der Waals surface area (Å²) >= 11 is 5.82. The van der Waals surface area contributed by atoms with Crippen molar-refractivity contribution < 1.29 is 22.8 Å². The summed E-state index contributed by atoms with van der Waals surface area (Å²) in [5.74, 6) is -2.09. The molecular formula is C23H31ClF3N3O2. The minimum Gasteiger partial charge on any atom is -0.334 e. The fourth-order valence-corrected chi connectivity index (χ4v) is 3.47. The van der Waals surface area contributed by atoms with Crippen LogP contribution in [0.4, 0.5) is 13.2 Å². The molecule has 0 atom stereocenters. The Morgan fingerprint density at radius 1 is 1.06 bits per heavy atom. The number of halogens is 4. The molecule has 0 amide bonds. The van der Waals surface area contributed by atoms with Crippen LogP contribution in [0.1, 0.15) is 89.8 Å². The van der Waals surface area contributed by atoms with E-state index in [0.29, 0.717) is 11.2 Å². The number of alkyl halides is 3. The number of carbonyl (C=O) groups is 1. The van der Waals surface area contributed by atoms with Gasteiger partial charge in [-0.05, 0) is 38.2 Å². The standard InChI is InChI=1S/C23H31ClF3N3O2/c1-2-3-4-5-6-7-8-9-10-11-12-13-14-15-20(31)32-30-19-16-18(24)17-28-21(19)29-22(30)23(25,26)27/h7-8,16-17H,2-6,9-15H2,1H3. The third kappa shape index (κ3) is 8.81. The van der Waals surface area contributed by atoms with E-state index in [1.54, 1.807) is 0 Å². The largest absolute Gasteiger partial charge is 0.453 e. The number of allylic oxidation sites excluding steroid dienone is 2. The second-order valence-electron chi connectivity index (χ2n) is 7.81. The smallest absolute Gasteiger partial charge is 0.334 e. The van der Waals surface area contributed by atoms with E-state index >= 15 is 0 Å². The zero-order valence-corrected chi connectivity index (χ0v) is 19.2. The quantitative estimate of drug-likeness (QED) is 0.213. The molecule has 0 radical (unpaired) electrons. The predicted octanol–water partition coefficient (Wildman–Crippen LogP) is 7.32. The molecule has 9 heteroatoms. The van der Waals surface area contributed by atoms with Gasteiger partial charge in [0.2, 0.25) is 0 Å². The third-order valence-electron chi connectivity index (χ3n) is 5.03. The number of hydrogen-bond acceptors (Lipinski definition) is 4. The van der Waals surface area contributed by atoms with Crippen LogP contribution >= 0.6 is 11.6 Å². The second kappa shape index (κ2) is 13.5. The third-order valence-corrected chi connectivity index (χ3v) is 5.23. The maximum absolute atomic E-state index is 13.3. The van der Waals surface area contributed by atoms with E-state index in [9.17, 15) is 18.0 Å². The van der Waals surface area contributed by atoms with E-state index in [-0.39, 0.29) is 22.6 Å². The summed E-state index contributed by atoms with van der Waals surface area (Å²) in [4.78, 5) is 24.3. The lowest BCUT2D eigenvalue weighted by atomic mass is 10.1. The average Bonchev–Trinajstić information content (AvgIpc) is 3.09. The SMILES string of the molecule is CCCCCCC=CCCCCCCCC(=O)On1c(C(F)(F)F)nc2ncc(Cl)cc21. The number of fused-ring (bicyclic) bond motifs is 1. The minimum atomic E-state index is -4.79. The van der Waals surface area contributed by atoms with Gasteiger partial charge in [0, 0.05) is 12.6 Å². The van der Waals surface area contributed by atoms with Crippen molar-refractivity contribution >= 4 is 28.7 Å². The first-order valence-corrected chi connectivity index (χ1v) is 11.7. The van der Waals surface area contributed by atoms with E-state index in [1.807, 2.05) is 0 Å². The van der Waals surface area contributed by atoms with E-state index in [0.717, 1.165) is 38.5 Å². The van der Waals surface area contributed by atoms with E-state index in [1.165, 1.54) is 37.9 Å². The molecule has 0 bridgehead atoms. The highest BCUT2D eigenvalue weighted by Crippen LogP contribution is 2.31. The summed E-state index contributed by atoms with van der Waals surface area (Å²) in [5.41, 5.74) is -0.291. The van der Waals surface area contributed by atoms with Crippen LogP contribution in [-0.4, -0.2) is 20.7 Å². The molecule has 0 aliphatic carbocycles. The number of aromatic nitrogens is 3. The molecule has 0 N–H and O–H groups in total. The first kappa shape index (κ1) is 26.2. The van der Waals surface area contributed by atoms with Crippen LogP contribution in [-0.2, 0) is 11.0 Å². The van der Waals surface area contributed by atoms with Crippen LogP contribution < -0.4 is 4.84 Å². The Hall–Kier alpha value is -2.09. The summed E-state index contributed by atoms with van der Waals surface area (Å²) in [7, 11) is 0. The molecule has 0 aliphatic rings. The van der Waals surface area contributed by atoms with Crippen LogP contribution in [0.15, 0.2) is 24.4 Å². The van der Waals surface area contributed by atoms with Gasteiger partial charge >= 0.3 is 12.1 Å². The first-order valence-electron chi connectivity index (χ1n) is 11.3. The molecule has 5 nitrogen and oxygen atoms in total. The molecule has 2 aromatic rings. The molecule has 0 spiro atoms. The van der Waals surface area contributed by atoms with Crippen molar-refractivity contribution in [2.24, 2.45) is 0 Å². The van der Waals surface area contributed by atoms with Gasteiger partial charge < -0.3 is 4.84 Å². The Kier molecular flexibility index (Phi) is 11.0. The van der Waals surface area contributed by atoms with E-state index in [4.69, 9.17) is 16.4 Å². The van der Waals surface area contributed by atoms with Gasteiger partial charge in [0.1, 0.15) is 5.52 Å². The Bertz CT molecular complexity index is 881. The number of nitrogens with zero attached hydrogens (tertiary/aromatic N) is 3. The van der Waals surface area contributed by atoms with Gasteiger partial charge in [0.15, 0.2) is 5.65 Å². The number of rotatable bonds is 14. The molecule has 0 saturated heterocycles. The van der Waals surface area contributed by atoms with Crippen LogP contribution in [0.2, 0.25) is 5.02 Å². The van der Waals surface area contributed by atoms with Crippen molar-refractivity contribution in [3.63, 3.8) is 0 Å². The van der Waals surface area contributed by atoms with Crippen molar-refractivity contribution in [3.8, 4) is 0 Å². The highest BCUT2D eigenvalue weighted by Gasteiger charge is 2.39. The number of carbonyl (C=O) groups excluding carboxylic acids is 1. The van der Waals surface area contributed by atoms with Crippen molar-refractivity contribution in [1.82, 2.24) is 14.7 Å². The van der Waals surface area contributed by atoms with Crippen LogP contribution in [0.25, 0.3) is 11.2 Å².